The first-order chi connectivity index (χ1) is 8.66. The Morgan fingerprint density at radius 3 is 3.06 bits per heavy atom. The minimum absolute atomic E-state index is 0.0460. The minimum atomic E-state index is -0.0460. The smallest absolute Gasteiger partial charge is 0.252 e. The zero-order valence-corrected chi connectivity index (χ0v) is 11.4. The number of nitrogens with one attached hydrogen (secondary N) is 1. The number of imidazole rings is 1. The molecule has 0 aliphatic rings. The molecule has 0 aliphatic heterocycles. The summed E-state index contributed by atoms with van der Waals surface area (Å²) in [6, 6.07) is 1.82. The standard InChI is InChI=1S/C13H17N3OS/c1-10(2)8-16-5-4-14-12(16)7-15-13(17)11-3-6-18-9-11/h3-6,9-10H,7-8H2,1-2H3,(H,15,17). The van der Waals surface area contributed by atoms with E-state index in [-0.39, 0.29) is 5.91 Å². The van der Waals surface area contributed by atoms with Crippen molar-refractivity contribution in [3.8, 4) is 0 Å². The molecule has 4 nitrogen and oxygen atoms in total. The lowest BCUT2D eigenvalue weighted by atomic mass is 10.2. The van der Waals surface area contributed by atoms with E-state index < -0.39 is 0 Å². The van der Waals surface area contributed by atoms with Gasteiger partial charge in [-0.2, -0.15) is 11.3 Å². The maximum Gasteiger partial charge on any atom is 0.252 e. The summed E-state index contributed by atoms with van der Waals surface area (Å²) in [7, 11) is 0. The zero-order chi connectivity index (χ0) is 13.0. The van der Waals surface area contributed by atoms with Crippen LogP contribution in [0.25, 0.3) is 0 Å². The molecule has 1 amide bonds. The molecule has 0 bridgehead atoms. The molecule has 2 aromatic heterocycles. The SMILES string of the molecule is CC(C)Cn1ccnc1CNC(=O)c1ccsc1. The number of nitrogens with zero attached hydrogens (tertiary/aromatic N) is 2. The number of rotatable bonds is 5. The summed E-state index contributed by atoms with van der Waals surface area (Å²) in [6.45, 7) is 5.71. The highest BCUT2D eigenvalue weighted by Crippen LogP contribution is 2.07. The summed E-state index contributed by atoms with van der Waals surface area (Å²) in [5, 5.41) is 6.63. The van der Waals surface area contributed by atoms with E-state index in [9.17, 15) is 4.79 Å². The van der Waals surface area contributed by atoms with Crippen molar-refractivity contribution in [1.29, 1.82) is 0 Å². The van der Waals surface area contributed by atoms with Crippen LogP contribution in [0.3, 0.4) is 0 Å². The molecule has 0 aromatic carbocycles. The fourth-order valence-electron chi connectivity index (χ4n) is 1.72. The quantitative estimate of drug-likeness (QED) is 0.901. The predicted octanol–water partition coefficient (Wildman–Crippen LogP) is 2.53. The zero-order valence-electron chi connectivity index (χ0n) is 10.6. The fraction of sp³-hybridized carbons (Fsp3) is 0.385. The summed E-state index contributed by atoms with van der Waals surface area (Å²) >= 11 is 1.52. The molecule has 2 aromatic rings. The number of thiophene rings is 1. The van der Waals surface area contributed by atoms with Crippen LogP contribution in [-0.4, -0.2) is 15.5 Å². The summed E-state index contributed by atoms with van der Waals surface area (Å²) < 4.78 is 2.08. The van der Waals surface area contributed by atoms with Crippen LogP contribution in [0.2, 0.25) is 0 Å². The maximum absolute atomic E-state index is 11.8. The number of aromatic nitrogens is 2. The van der Waals surface area contributed by atoms with Crippen LogP contribution in [0.5, 0.6) is 0 Å². The molecule has 2 rings (SSSR count). The second kappa shape index (κ2) is 5.82. The Hall–Kier alpha value is -1.62. The van der Waals surface area contributed by atoms with Crippen molar-refractivity contribution in [2.24, 2.45) is 5.92 Å². The van der Waals surface area contributed by atoms with Gasteiger partial charge in [-0.1, -0.05) is 13.8 Å². The first kappa shape index (κ1) is 12.8. The van der Waals surface area contributed by atoms with Gasteiger partial charge in [0.05, 0.1) is 6.54 Å². The van der Waals surface area contributed by atoms with E-state index >= 15 is 0 Å². The Bertz CT molecular complexity index is 502. The first-order valence-electron chi connectivity index (χ1n) is 5.97. The molecule has 2 heterocycles. The number of carbonyl (C=O) groups excluding carboxylic acids is 1. The van der Waals surface area contributed by atoms with Gasteiger partial charge in [0.25, 0.3) is 5.91 Å². The highest BCUT2D eigenvalue weighted by molar-refractivity contribution is 7.08. The molecule has 5 heteroatoms. The Morgan fingerprint density at radius 1 is 1.56 bits per heavy atom. The van der Waals surface area contributed by atoms with Crippen LogP contribution in [0, 0.1) is 5.92 Å². The van der Waals surface area contributed by atoms with Crippen molar-refractivity contribution in [1.82, 2.24) is 14.9 Å². The Kier molecular flexibility index (Phi) is 4.15. The van der Waals surface area contributed by atoms with Crippen molar-refractivity contribution in [3.05, 3.63) is 40.6 Å². The molecule has 96 valence electrons. The van der Waals surface area contributed by atoms with Gasteiger partial charge in [0.1, 0.15) is 5.82 Å². The van der Waals surface area contributed by atoms with Gasteiger partial charge in [-0.3, -0.25) is 4.79 Å². The Labute approximate surface area is 111 Å². The average Bonchev–Trinajstić information content (AvgIpc) is 2.95. The molecular weight excluding hydrogens is 246 g/mol. The third-order valence-corrected chi connectivity index (χ3v) is 3.24. The van der Waals surface area contributed by atoms with E-state index in [0.29, 0.717) is 18.0 Å². The van der Waals surface area contributed by atoms with Crippen LogP contribution < -0.4 is 5.32 Å². The van der Waals surface area contributed by atoms with E-state index in [2.05, 4.69) is 28.7 Å². The van der Waals surface area contributed by atoms with E-state index in [1.54, 1.807) is 6.20 Å². The van der Waals surface area contributed by atoms with Crippen molar-refractivity contribution in [2.45, 2.75) is 26.9 Å². The highest BCUT2D eigenvalue weighted by atomic mass is 32.1. The number of carbonyl (C=O) groups is 1. The van der Waals surface area contributed by atoms with Crippen molar-refractivity contribution in [2.75, 3.05) is 0 Å². The Morgan fingerprint density at radius 2 is 2.39 bits per heavy atom. The Balaban J connectivity index is 1.94. The second-order valence-electron chi connectivity index (χ2n) is 4.58. The van der Waals surface area contributed by atoms with Gasteiger partial charge in [-0.25, -0.2) is 4.98 Å². The summed E-state index contributed by atoms with van der Waals surface area (Å²) in [6.07, 6.45) is 3.72. The van der Waals surface area contributed by atoms with Gasteiger partial charge in [0.15, 0.2) is 0 Å². The van der Waals surface area contributed by atoms with Crippen LogP contribution >= 0.6 is 11.3 Å². The van der Waals surface area contributed by atoms with Gasteiger partial charge in [-0.05, 0) is 17.4 Å². The molecular formula is C13H17N3OS. The largest absolute Gasteiger partial charge is 0.345 e. The third-order valence-electron chi connectivity index (χ3n) is 2.55. The third kappa shape index (κ3) is 3.20. The van der Waals surface area contributed by atoms with Crippen molar-refractivity contribution in [3.63, 3.8) is 0 Å². The van der Waals surface area contributed by atoms with Gasteiger partial charge in [-0.15, -0.1) is 0 Å². The molecule has 0 spiro atoms. The summed E-state index contributed by atoms with van der Waals surface area (Å²) in [5.41, 5.74) is 0.710. The van der Waals surface area contributed by atoms with Gasteiger partial charge in [0.2, 0.25) is 0 Å². The second-order valence-corrected chi connectivity index (χ2v) is 5.36. The molecule has 1 N–H and O–H groups in total. The van der Waals surface area contributed by atoms with E-state index in [0.717, 1.165) is 12.4 Å². The van der Waals surface area contributed by atoms with E-state index in [1.165, 1.54) is 11.3 Å². The predicted molar refractivity (Wildman–Crippen MR) is 72.6 cm³/mol. The monoisotopic (exact) mass is 263 g/mol. The molecule has 0 saturated heterocycles. The van der Waals surface area contributed by atoms with E-state index in [1.807, 2.05) is 23.0 Å². The van der Waals surface area contributed by atoms with E-state index in [4.69, 9.17) is 0 Å². The highest BCUT2D eigenvalue weighted by Gasteiger charge is 2.08. The average molecular weight is 263 g/mol. The normalized spacial score (nSPS) is 10.8. The fourth-order valence-corrected chi connectivity index (χ4v) is 2.36. The molecule has 0 unspecified atom stereocenters. The minimum Gasteiger partial charge on any atom is -0.345 e. The van der Waals surface area contributed by atoms with Crippen LogP contribution in [0.1, 0.15) is 30.0 Å². The number of hydrogen-bond donors (Lipinski definition) is 1. The molecule has 0 aliphatic carbocycles. The number of hydrogen-bond acceptors (Lipinski definition) is 3. The van der Waals surface area contributed by atoms with Crippen LogP contribution in [0.15, 0.2) is 29.2 Å². The molecule has 0 radical (unpaired) electrons. The topological polar surface area (TPSA) is 46.9 Å². The van der Waals surface area contributed by atoms with Crippen LogP contribution in [-0.2, 0) is 13.1 Å². The molecule has 18 heavy (non-hydrogen) atoms. The van der Waals surface area contributed by atoms with Crippen molar-refractivity contribution < 1.29 is 4.79 Å². The lowest BCUT2D eigenvalue weighted by molar-refractivity contribution is 0.0950. The van der Waals surface area contributed by atoms with Gasteiger partial charge in [0, 0.05) is 29.9 Å². The van der Waals surface area contributed by atoms with Gasteiger partial charge < -0.3 is 9.88 Å². The summed E-state index contributed by atoms with van der Waals surface area (Å²) in [5.74, 6) is 1.41. The maximum atomic E-state index is 11.8. The molecule has 0 saturated carbocycles. The molecule has 0 fully saturated rings. The first-order valence-corrected chi connectivity index (χ1v) is 6.91. The number of amides is 1. The lowest BCUT2D eigenvalue weighted by Crippen LogP contribution is -2.24. The molecule has 0 atom stereocenters. The van der Waals surface area contributed by atoms with Gasteiger partial charge >= 0.3 is 0 Å². The van der Waals surface area contributed by atoms with Crippen LogP contribution in [0.4, 0.5) is 0 Å². The van der Waals surface area contributed by atoms with Crippen molar-refractivity contribution >= 4 is 17.2 Å². The summed E-state index contributed by atoms with van der Waals surface area (Å²) in [4.78, 5) is 16.1. The lowest BCUT2D eigenvalue weighted by Gasteiger charge is -2.10.